The standard InChI is InChI=1S/C21H12ClN3O2/c22-15-9-3-1-7-13(15)19(26)24-17-11-5-6-12-18(17)25-20(27)14-8-2-4-10-16(14)23-21(24)25/h1-12H. The highest BCUT2D eigenvalue weighted by molar-refractivity contribution is 6.34. The van der Waals surface area contributed by atoms with E-state index in [-0.39, 0.29) is 17.2 Å². The number of fused-ring (bicyclic) bond motifs is 4. The van der Waals surface area contributed by atoms with Crippen molar-refractivity contribution in [3.05, 3.63) is 93.7 Å². The van der Waals surface area contributed by atoms with Gasteiger partial charge in [-0.1, -0.05) is 48.0 Å². The fourth-order valence-electron chi connectivity index (χ4n) is 3.39. The van der Waals surface area contributed by atoms with Crippen LogP contribution >= 0.6 is 11.6 Å². The number of imidazole rings is 1. The van der Waals surface area contributed by atoms with Crippen LogP contribution in [0.1, 0.15) is 10.4 Å². The highest BCUT2D eigenvalue weighted by Crippen LogP contribution is 2.24. The molecular weight excluding hydrogens is 362 g/mol. The Kier molecular flexibility index (Phi) is 3.39. The first-order valence-electron chi connectivity index (χ1n) is 8.37. The molecule has 0 amide bonds. The van der Waals surface area contributed by atoms with Gasteiger partial charge in [-0.15, -0.1) is 0 Å². The van der Waals surface area contributed by atoms with Gasteiger partial charge in [0, 0.05) is 0 Å². The van der Waals surface area contributed by atoms with Crippen molar-refractivity contribution in [1.29, 1.82) is 0 Å². The van der Waals surface area contributed by atoms with Crippen molar-refractivity contribution in [3.63, 3.8) is 0 Å². The molecule has 2 aromatic heterocycles. The monoisotopic (exact) mass is 373 g/mol. The van der Waals surface area contributed by atoms with Crippen LogP contribution in [0, 0.1) is 0 Å². The van der Waals surface area contributed by atoms with Crippen molar-refractivity contribution in [2.24, 2.45) is 0 Å². The van der Waals surface area contributed by atoms with Crippen LogP contribution in [0.2, 0.25) is 5.02 Å². The van der Waals surface area contributed by atoms with E-state index in [2.05, 4.69) is 4.98 Å². The van der Waals surface area contributed by atoms with E-state index in [1.807, 2.05) is 18.2 Å². The Labute approximate surface area is 158 Å². The van der Waals surface area contributed by atoms with E-state index >= 15 is 0 Å². The Morgan fingerprint density at radius 2 is 1.52 bits per heavy atom. The van der Waals surface area contributed by atoms with Gasteiger partial charge in [0.25, 0.3) is 11.5 Å². The van der Waals surface area contributed by atoms with E-state index in [1.54, 1.807) is 54.6 Å². The minimum atomic E-state index is -0.332. The Bertz CT molecular complexity index is 1430. The van der Waals surface area contributed by atoms with Crippen molar-refractivity contribution in [2.75, 3.05) is 0 Å². The third-order valence-corrected chi connectivity index (χ3v) is 4.96. The summed E-state index contributed by atoms with van der Waals surface area (Å²) in [5.41, 5.74) is 1.90. The summed E-state index contributed by atoms with van der Waals surface area (Å²) >= 11 is 6.24. The Morgan fingerprint density at radius 1 is 0.852 bits per heavy atom. The first kappa shape index (κ1) is 15.8. The summed E-state index contributed by atoms with van der Waals surface area (Å²) in [7, 11) is 0. The predicted octanol–water partition coefficient (Wildman–Crippen LogP) is 4.14. The SMILES string of the molecule is O=C(c1ccccc1Cl)n1c2ccccc2n2c(=O)c3ccccc3nc12. The summed E-state index contributed by atoms with van der Waals surface area (Å²) in [6.07, 6.45) is 0. The number of para-hydroxylation sites is 3. The van der Waals surface area contributed by atoms with Gasteiger partial charge in [0.2, 0.25) is 5.78 Å². The van der Waals surface area contributed by atoms with Gasteiger partial charge in [0.05, 0.1) is 32.5 Å². The minimum Gasteiger partial charge on any atom is -0.268 e. The minimum absolute atomic E-state index is 0.211. The first-order chi connectivity index (χ1) is 13.2. The lowest BCUT2D eigenvalue weighted by atomic mass is 10.2. The fourth-order valence-corrected chi connectivity index (χ4v) is 3.61. The van der Waals surface area contributed by atoms with Crippen molar-refractivity contribution in [2.45, 2.75) is 0 Å². The van der Waals surface area contributed by atoms with Gasteiger partial charge in [-0.25, -0.2) is 14.0 Å². The molecule has 6 heteroatoms. The van der Waals surface area contributed by atoms with Gasteiger partial charge in [0.1, 0.15) is 0 Å². The second-order valence-corrected chi connectivity index (χ2v) is 6.59. The lowest BCUT2D eigenvalue weighted by molar-refractivity contribution is 0.0968. The number of carbonyl (C=O) groups is 1. The Balaban J connectivity index is 1.98. The zero-order valence-electron chi connectivity index (χ0n) is 14.0. The number of hydrogen-bond acceptors (Lipinski definition) is 3. The van der Waals surface area contributed by atoms with Crippen LogP contribution in [0.15, 0.2) is 77.6 Å². The molecule has 0 spiro atoms. The topological polar surface area (TPSA) is 56.4 Å². The first-order valence-corrected chi connectivity index (χ1v) is 8.75. The average molecular weight is 374 g/mol. The molecule has 0 unspecified atom stereocenters. The summed E-state index contributed by atoms with van der Waals surface area (Å²) in [6, 6.07) is 21.2. The number of benzene rings is 3. The molecule has 0 aliphatic rings. The summed E-state index contributed by atoms with van der Waals surface area (Å²) in [6.45, 7) is 0. The molecule has 0 atom stereocenters. The molecule has 130 valence electrons. The number of halogens is 1. The molecule has 2 heterocycles. The van der Waals surface area contributed by atoms with Gasteiger partial charge < -0.3 is 0 Å². The van der Waals surface area contributed by atoms with Gasteiger partial charge in [-0.2, -0.15) is 0 Å². The molecule has 5 aromatic rings. The number of nitrogens with zero attached hydrogens (tertiary/aromatic N) is 3. The predicted molar refractivity (Wildman–Crippen MR) is 106 cm³/mol. The number of hydrogen-bond donors (Lipinski definition) is 0. The van der Waals surface area contributed by atoms with Crippen molar-refractivity contribution >= 4 is 45.2 Å². The number of carbonyl (C=O) groups excluding carboxylic acids is 1. The molecule has 0 bridgehead atoms. The van der Waals surface area contributed by atoms with Gasteiger partial charge in [0.15, 0.2) is 0 Å². The molecule has 27 heavy (non-hydrogen) atoms. The zero-order chi connectivity index (χ0) is 18.5. The normalized spacial score (nSPS) is 11.4. The van der Waals surface area contributed by atoms with E-state index in [4.69, 9.17) is 11.6 Å². The molecule has 0 aliphatic carbocycles. The summed E-state index contributed by atoms with van der Waals surface area (Å²) < 4.78 is 2.93. The van der Waals surface area contributed by atoms with E-state index in [0.29, 0.717) is 32.5 Å². The van der Waals surface area contributed by atoms with Crippen LogP contribution in [0.25, 0.3) is 27.7 Å². The molecule has 5 rings (SSSR count). The molecule has 3 aromatic carbocycles. The molecule has 0 radical (unpaired) electrons. The van der Waals surface area contributed by atoms with Crippen LogP contribution in [0.3, 0.4) is 0 Å². The molecular formula is C21H12ClN3O2. The van der Waals surface area contributed by atoms with E-state index < -0.39 is 0 Å². The van der Waals surface area contributed by atoms with Crippen molar-refractivity contribution in [1.82, 2.24) is 14.0 Å². The fraction of sp³-hybridized carbons (Fsp3) is 0. The van der Waals surface area contributed by atoms with Crippen molar-refractivity contribution in [3.8, 4) is 0 Å². The molecule has 5 nitrogen and oxygen atoms in total. The van der Waals surface area contributed by atoms with Crippen LogP contribution < -0.4 is 5.56 Å². The lowest BCUT2D eigenvalue weighted by Crippen LogP contribution is -2.18. The maximum Gasteiger partial charge on any atom is 0.267 e. The molecule has 0 aliphatic heterocycles. The maximum atomic E-state index is 13.3. The highest BCUT2D eigenvalue weighted by atomic mass is 35.5. The maximum absolute atomic E-state index is 13.3. The molecule has 0 saturated carbocycles. The molecule has 0 saturated heterocycles. The quantitative estimate of drug-likeness (QED) is 0.443. The lowest BCUT2D eigenvalue weighted by Gasteiger charge is -2.07. The van der Waals surface area contributed by atoms with E-state index in [9.17, 15) is 9.59 Å². The second kappa shape index (κ2) is 5.79. The number of aromatic nitrogens is 3. The Morgan fingerprint density at radius 3 is 2.33 bits per heavy atom. The molecule has 0 fully saturated rings. The zero-order valence-corrected chi connectivity index (χ0v) is 14.7. The van der Waals surface area contributed by atoms with Crippen LogP contribution in [-0.2, 0) is 0 Å². The molecule has 0 N–H and O–H groups in total. The van der Waals surface area contributed by atoms with Crippen LogP contribution in [-0.4, -0.2) is 19.9 Å². The summed E-state index contributed by atoms with van der Waals surface area (Å²) in [5.74, 6) is -0.0636. The van der Waals surface area contributed by atoms with E-state index in [1.165, 1.54) is 8.97 Å². The third kappa shape index (κ3) is 2.22. The summed E-state index contributed by atoms with van der Waals surface area (Å²) in [5, 5.41) is 0.852. The van der Waals surface area contributed by atoms with Gasteiger partial charge >= 0.3 is 0 Å². The number of rotatable bonds is 1. The third-order valence-electron chi connectivity index (χ3n) is 4.63. The smallest absolute Gasteiger partial charge is 0.267 e. The summed E-state index contributed by atoms with van der Waals surface area (Å²) in [4.78, 5) is 31.1. The van der Waals surface area contributed by atoms with Crippen molar-refractivity contribution < 1.29 is 4.79 Å². The largest absolute Gasteiger partial charge is 0.268 e. The Hall–Kier alpha value is -3.44. The highest BCUT2D eigenvalue weighted by Gasteiger charge is 2.22. The van der Waals surface area contributed by atoms with E-state index in [0.717, 1.165) is 0 Å². The van der Waals surface area contributed by atoms with Gasteiger partial charge in [-0.05, 0) is 36.4 Å². The van der Waals surface area contributed by atoms with Crippen LogP contribution in [0.5, 0.6) is 0 Å². The average Bonchev–Trinajstić information content (AvgIpc) is 3.02. The second-order valence-electron chi connectivity index (χ2n) is 6.18. The van der Waals surface area contributed by atoms with Gasteiger partial charge in [-0.3, -0.25) is 9.59 Å². The van der Waals surface area contributed by atoms with Crippen LogP contribution in [0.4, 0.5) is 0 Å².